The van der Waals surface area contributed by atoms with Crippen molar-refractivity contribution in [2.45, 2.75) is 32.2 Å². The van der Waals surface area contributed by atoms with Crippen molar-refractivity contribution < 1.29 is 29.0 Å². The Kier molecular flexibility index (Phi) is 6.29. The first kappa shape index (κ1) is 20.8. The summed E-state index contributed by atoms with van der Waals surface area (Å²) >= 11 is 0. The van der Waals surface area contributed by atoms with Gasteiger partial charge in [-0.25, -0.2) is 0 Å². The normalized spacial score (nSPS) is 12.8. The number of nitrogens with one attached hydrogen (secondary N) is 1. The quantitative estimate of drug-likeness (QED) is 0.547. The molecule has 0 aliphatic carbocycles. The van der Waals surface area contributed by atoms with Gasteiger partial charge in [-0.1, -0.05) is 6.07 Å². The third-order valence-corrected chi connectivity index (χ3v) is 4.19. The third kappa shape index (κ3) is 4.61. The third-order valence-electron chi connectivity index (χ3n) is 4.19. The maximum atomic E-state index is 12.4. The first-order valence-electron chi connectivity index (χ1n) is 8.43. The molecular formula is C19H22N2O7. The van der Waals surface area contributed by atoms with E-state index in [0.29, 0.717) is 5.56 Å². The average Bonchev–Trinajstić information content (AvgIpc) is 2.63. The van der Waals surface area contributed by atoms with Gasteiger partial charge in [0, 0.05) is 12.5 Å². The number of carbonyl (C=O) groups is 2. The van der Waals surface area contributed by atoms with E-state index >= 15 is 0 Å². The van der Waals surface area contributed by atoms with Crippen LogP contribution in [0, 0.1) is 6.92 Å². The molecule has 0 radical (unpaired) electrons. The Labute approximate surface area is 160 Å². The van der Waals surface area contributed by atoms with Crippen molar-refractivity contribution in [2.75, 3.05) is 7.11 Å². The summed E-state index contributed by atoms with van der Waals surface area (Å²) in [7, 11) is 1.36. The second-order valence-corrected chi connectivity index (χ2v) is 6.31. The fourth-order valence-corrected chi connectivity index (χ4v) is 2.69. The summed E-state index contributed by atoms with van der Waals surface area (Å²) < 4.78 is 10.6. The molecular weight excluding hydrogens is 368 g/mol. The molecule has 0 spiro atoms. The molecule has 2 amide bonds. The van der Waals surface area contributed by atoms with Crippen LogP contribution in [0.2, 0.25) is 0 Å². The Hall–Kier alpha value is -3.49. The molecule has 5 N–H and O–H groups in total. The van der Waals surface area contributed by atoms with E-state index in [9.17, 15) is 24.6 Å². The van der Waals surface area contributed by atoms with Crippen LogP contribution in [-0.2, 0) is 9.59 Å². The summed E-state index contributed by atoms with van der Waals surface area (Å²) in [6.45, 7) is 2.97. The van der Waals surface area contributed by atoms with Crippen LogP contribution in [0.25, 0.3) is 0 Å². The highest BCUT2D eigenvalue weighted by atomic mass is 16.5. The second-order valence-electron chi connectivity index (χ2n) is 6.31. The standard InChI is InChI=1S/C19H22N2O7/c1-9-6-14(23)17(25)18(28-9)12(8-16(24)21-10(2)19(20)26)11-4-5-13(22)15(7-11)27-3/h4-7,10,12,22,25H,8H2,1-3H3,(H2,20,26)(H,21,24)/t10-,12-/m0/s1. The highest BCUT2D eigenvalue weighted by Gasteiger charge is 2.27. The minimum atomic E-state index is -0.902. The van der Waals surface area contributed by atoms with Gasteiger partial charge in [0.25, 0.3) is 0 Å². The number of rotatable bonds is 7. The van der Waals surface area contributed by atoms with Crippen molar-refractivity contribution in [1.29, 1.82) is 0 Å². The Morgan fingerprint density at radius 1 is 1.29 bits per heavy atom. The summed E-state index contributed by atoms with van der Waals surface area (Å²) in [4.78, 5) is 35.6. The molecule has 1 aromatic carbocycles. The van der Waals surface area contributed by atoms with Crippen LogP contribution in [0.1, 0.15) is 36.3 Å². The van der Waals surface area contributed by atoms with E-state index in [4.69, 9.17) is 14.9 Å². The topological polar surface area (TPSA) is 152 Å². The molecule has 2 aromatic rings. The first-order chi connectivity index (χ1) is 13.1. The molecule has 0 bridgehead atoms. The lowest BCUT2D eigenvalue weighted by atomic mass is 9.91. The number of nitrogens with two attached hydrogens (primary N) is 1. The summed E-state index contributed by atoms with van der Waals surface area (Å²) in [5.41, 5.74) is 4.95. The lowest BCUT2D eigenvalue weighted by Crippen LogP contribution is -2.42. The molecule has 0 aliphatic heterocycles. The van der Waals surface area contributed by atoms with Crippen molar-refractivity contribution in [3.63, 3.8) is 0 Å². The monoisotopic (exact) mass is 390 g/mol. The molecule has 150 valence electrons. The van der Waals surface area contributed by atoms with Crippen LogP contribution in [0.5, 0.6) is 17.2 Å². The van der Waals surface area contributed by atoms with Gasteiger partial charge in [0.2, 0.25) is 23.0 Å². The molecule has 0 aliphatic rings. The highest BCUT2D eigenvalue weighted by Crippen LogP contribution is 2.37. The lowest BCUT2D eigenvalue weighted by Gasteiger charge is -2.19. The number of benzene rings is 1. The van der Waals surface area contributed by atoms with Gasteiger partial charge in [0.05, 0.1) is 13.0 Å². The first-order valence-corrected chi connectivity index (χ1v) is 8.43. The number of amides is 2. The van der Waals surface area contributed by atoms with E-state index in [1.165, 1.54) is 39.2 Å². The second kappa shape index (κ2) is 8.47. The number of aryl methyl sites for hydroxylation is 1. The maximum absolute atomic E-state index is 12.4. The molecule has 2 rings (SSSR count). The molecule has 1 aromatic heterocycles. The van der Waals surface area contributed by atoms with Gasteiger partial charge in [-0.2, -0.15) is 0 Å². The smallest absolute Gasteiger partial charge is 0.239 e. The zero-order valence-electron chi connectivity index (χ0n) is 15.7. The number of phenols is 1. The number of aromatic hydroxyl groups is 2. The van der Waals surface area contributed by atoms with Crippen molar-refractivity contribution in [2.24, 2.45) is 5.73 Å². The Morgan fingerprint density at radius 3 is 2.57 bits per heavy atom. The Balaban J connectivity index is 2.52. The van der Waals surface area contributed by atoms with Crippen molar-refractivity contribution in [1.82, 2.24) is 5.32 Å². The van der Waals surface area contributed by atoms with E-state index in [1.54, 1.807) is 0 Å². The molecule has 2 atom stereocenters. The van der Waals surface area contributed by atoms with Crippen LogP contribution in [0.4, 0.5) is 0 Å². The molecule has 9 nitrogen and oxygen atoms in total. The van der Waals surface area contributed by atoms with Crippen LogP contribution < -0.4 is 21.2 Å². The molecule has 0 saturated heterocycles. The van der Waals surface area contributed by atoms with Crippen LogP contribution in [0.15, 0.2) is 33.5 Å². The summed E-state index contributed by atoms with van der Waals surface area (Å²) in [5.74, 6) is -2.61. The van der Waals surface area contributed by atoms with Gasteiger partial charge in [-0.15, -0.1) is 0 Å². The maximum Gasteiger partial charge on any atom is 0.239 e. The van der Waals surface area contributed by atoms with E-state index in [2.05, 4.69) is 5.32 Å². The van der Waals surface area contributed by atoms with Gasteiger partial charge in [-0.3, -0.25) is 14.4 Å². The highest BCUT2D eigenvalue weighted by molar-refractivity contribution is 5.86. The largest absolute Gasteiger partial charge is 0.504 e. The van der Waals surface area contributed by atoms with E-state index in [1.807, 2.05) is 0 Å². The molecule has 0 saturated carbocycles. The number of hydrogen-bond donors (Lipinski definition) is 4. The van der Waals surface area contributed by atoms with Gasteiger partial charge in [0.15, 0.2) is 17.3 Å². The Morgan fingerprint density at radius 2 is 1.96 bits per heavy atom. The van der Waals surface area contributed by atoms with E-state index in [-0.39, 0.29) is 29.4 Å². The summed E-state index contributed by atoms with van der Waals surface area (Å²) in [6, 6.07) is 4.56. The number of hydrogen-bond acceptors (Lipinski definition) is 7. The summed E-state index contributed by atoms with van der Waals surface area (Å²) in [5, 5.41) is 22.5. The van der Waals surface area contributed by atoms with Crippen LogP contribution in [-0.4, -0.2) is 35.2 Å². The predicted octanol–water partition coefficient (Wildman–Crippen LogP) is 0.880. The van der Waals surface area contributed by atoms with Gasteiger partial charge in [-0.05, 0) is 31.5 Å². The number of phenolic OH excluding ortho intramolecular Hbond substituents is 1. The number of methoxy groups -OCH3 is 1. The van der Waals surface area contributed by atoms with Gasteiger partial charge >= 0.3 is 0 Å². The van der Waals surface area contributed by atoms with Crippen LogP contribution in [0.3, 0.4) is 0 Å². The van der Waals surface area contributed by atoms with E-state index < -0.39 is 35.0 Å². The van der Waals surface area contributed by atoms with Crippen molar-refractivity contribution in [3.8, 4) is 17.2 Å². The minimum Gasteiger partial charge on any atom is -0.504 e. The summed E-state index contributed by atoms with van der Waals surface area (Å²) in [6.07, 6.45) is -0.258. The fraction of sp³-hybridized carbons (Fsp3) is 0.316. The number of primary amides is 1. The Bertz CT molecular complexity index is 952. The molecule has 0 unspecified atom stereocenters. The SMILES string of the molecule is COc1cc([C@H](CC(=O)N[C@@H](C)C(N)=O)c2oc(C)cc(=O)c2O)ccc1O. The van der Waals surface area contributed by atoms with Crippen LogP contribution >= 0.6 is 0 Å². The predicted molar refractivity (Wildman–Crippen MR) is 99.3 cm³/mol. The zero-order valence-corrected chi connectivity index (χ0v) is 15.7. The molecule has 0 fully saturated rings. The number of carbonyl (C=O) groups excluding carboxylic acids is 2. The van der Waals surface area contributed by atoms with Crippen molar-refractivity contribution in [3.05, 3.63) is 51.6 Å². The van der Waals surface area contributed by atoms with E-state index in [0.717, 1.165) is 6.07 Å². The fourth-order valence-electron chi connectivity index (χ4n) is 2.69. The lowest BCUT2D eigenvalue weighted by molar-refractivity contribution is -0.127. The minimum absolute atomic E-state index is 0.111. The molecule has 1 heterocycles. The van der Waals surface area contributed by atoms with Gasteiger partial charge < -0.3 is 30.4 Å². The van der Waals surface area contributed by atoms with Gasteiger partial charge in [0.1, 0.15) is 11.8 Å². The molecule has 9 heteroatoms. The molecule has 28 heavy (non-hydrogen) atoms. The zero-order chi connectivity index (χ0) is 21.0. The number of ether oxygens (including phenoxy) is 1. The average molecular weight is 390 g/mol. The van der Waals surface area contributed by atoms with Crippen molar-refractivity contribution >= 4 is 11.8 Å².